The summed E-state index contributed by atoms with van der Waals surface area (Å²) in [4.78, 5) is 14.6. The van der Waals surface area contributed by atoms with Crippen molar-refractivity contribution >= 4 is 5.91 Å². The third-order valence-electron chi connectivity index (χ3n) is 4.27. The van der Waals surface area contributed by atoms with E-state index in [9.17, 15) is 4.79 Å². The van der Waals surface area contributed by atoms with Gasteiger partial charge in [0.2, 0.25) is 5.91 Å². The molecule has 0 atom stereocenters. The van der Waals surface area contributed by atoms with Gasteiger partial charge in [-0.1, -0.05) is 6.07 Å². The van der Waals surface area contributed by atoms with Crippen LogP contribution in [0.25, 0.3) is 0 Å². The first-order valence-corrected chi connectivity index (χ1v) is 8.43. The van der Waals surface area contributed by atoms with E-state index in [0.29, 0.717) is 12.2 Å². The van der Waals surface area contributed by atoms with Crippen molar-refractivity contribution in [2.24, 2.45) is 0 Å². The molecule has 1 fully saturated rings. The molecule has 1 amide bonds. The number of rotatable bonds is 9. The fraction of sp³-hybridized carbons (Fsp3) is 0.611. The van der Waals surface area contributed by atoms with Gasteiger partial charge in [0.1, 0.15) is 11.5 Å². The highest BCUT2D eigenvalue weighted by Gasteiger charge is 2.11. The first-order chi connectivity index (χ1) is 11.2. The highest BCUT2D eigenvalue weighted by Crippen LogP contribution is 2.24. The second kappa shape index (κ2) is 9.40. The minimum atomic E-state index is 0.0367. The Morgan fingerprint density at radius 3 is 2.65 bits per heavy atom. The van der Waals surface area contributed by atoms with Crippen molar-refractivity contribution < 1.29 is 14.3 Å². The fourth-order valence-corrected chi connectivity index (χ4v) is 2.93. The highest BCUT2D eigenvalue weighted by atomic mass is 16.5. The van der Waals surface area contributed by atoms with E-state index < -0.39 is 0 Å². The summed E-state index contributed by atoms with van der Waals surface area (Å²) in [5.41, 5.74) is 0.878. The number of nitrogens with zero attached hydrogens (tertiary/aromatic N) is 1. The van der Waals surface area contributed by atoms with Crippen molar-refractivity contribution in [2.45, 2.75) is 32.1 Å². The predicted octanol–water partition coefficient (Wildman–Crippen LogP) is 2.24. The molecule has 1 saturated heterocycles. The molecule has 23 heavy (non-hydrogen) atoms. The Hall–Kier alpha value is -1.75. The summed E-state index contributed by atoms with van der Waals surface area (Å²) in [5, 5.41) is 2.99. The van der Waals surface area contributed by atoms with Crippen LogP contribution >= 0.6 is 0 Å². The molecule has 128 valence electrons. The van der Waals surface area contributed by atoms with Crippen molar-refractivity contribution in [3.05, 3.63) is 23.8 Å². The zero-order chi connectivity index (χ0) is 16.5. The lowest BCUT2D eigenvalue weighted by atomic mass is 10.1. The van der Waals surface area contributed by atoms with E-state index in [1.54, 1.807) is 20.3 Å². The zero-order valence-electron chi connectivity index (χ0n) is 14.3. The summed E-state index contributed by atoms with van der Waals surface area (Å²) < 4.78 is 10.5. The Morgan fingerprint density at radius 1 is 1.17 bits per heavy atom. The number of likely N-dealkylation sites (tertiary alicyclic amines) is 1. The second-order valence-electron chi connectivity index (χ2n) is 5.96. The number of benzene rings is 1. The van der Waals surface area contributed by atoms with Gasteiger partial charge in [0.15, 0.2) is 0 Å². The Bertz CT molecular complexity index is 499. The first kappa shape index (κ1) is 17.6. The standard InChI is InChI=1S/C18H28N2O3/c1-22-16-8-7-15(17(14-16)23-2)13-18(21)19-9-3-4-10-20-11-5-6-12-20/h7-8,14H,3-6,9-13H2,1-2H3,(H,19,21). The molecule has 0 aromatic heterocycles. The van der Waals surface area contributed by atoms with E-state index in [1.807, 2.05) is 12.1 Å². The van der Waals surface area contributed by atoms with Crippen LogP contribution in [-0.2, 0) is 11.2 Å². The van der Waals surface area contributed by atoms with E-state index in [1.165, 1.54) is 25.9 Å². The van der Waals surface area contributed by atoms with Gasteiger partial charge in [0.05, 0.1) is 20.6 Å². The van der Waals surface area contributed by atoms with Crippen LogP contribution in [0, 0.1) is 0 Å². The van der Waals surface area contributed by atoms with E-state index >= 15 is 0 Å². The Balaban J connectivity index is 1.67. The Morgan fingerprint density at radius 2 is 1.96 bits per heavy atom. The van der Waals surface area contributed by atoms with Gasteiger partial charge >= 0.3 is 0 Å². The number of ether oxygens (including phenoxy) is 2. The number of unbranched alkanes of at least 4 members (excludes halogenated alkanes) is 1. The molecule has 0 unspecified atom stereocenters. The average molecular weight is 320 g/mol. The van der Waals surface area contributed by atoms with Gasteiger partial charge in [0.25, 0.3) is 0 Å². The van der Waals surface area contributed by atoms with Gasteiger partial charge in [-0.25, -0.2) is 0 Å². The molecule has 2 rings (SSSR count). The molecule has 1 aromatic rings. The fourth-order valence-electron chi connectivity index (χ4n) is 2.93. The quantitative estimate of drug-likeness (QED) is 0.709. The SMILES string of the molecule is COc1ccc(CC(=O)NCCCCN2CCCC2)c(OC)c1. The number of nitrogens with one attached hydrogen (secondary N) is 1. The molecule has 1 aromatic carbocycles. The molecule has 1 aliphatic rings. The monoisotopic (exact) mass is 320 g/mol. The summed E-state index contributed by atoms with van der Waals surface area (Å²) in [6.07, 6.45) is 5.17. The lowest BCUT2D eigenvalue weighted by Gasteiger charge is -2.14. The van der Waals surface area contributed by atoms with Crippen molar-refractivity contribution in [3.8, 4) is 11.5 Å². The molecular weight excluding hydrogens is 292 g/mol. The average Bonchev–Trinajstić information content (AvgIpc) is 3.08. The summed E-state index contributed by atoms with van der Waals surface area (Å²) in [6, 6.07) is 5.53. The number of methoxy groups -OCH3 is 2. The van der Waals surface area contributed by atoms with Crippen LogP contribution in [0.2, 0.25) is 0 Å². The molecule has 1 N–H and O–H groups in total. The van der Waals surface area contributed by atoms with Crippen LogP contribution in [0.15, 0.2) is 18.2 Å². The van der Waals surface area contributed by atoms with E-state index in [2.05, 4.69) is 10.2 Å². The Labute approximate surface area is 139 Å². The molecule has 0 saturated carbocycles. The van der Waals surface area contributed by atoms with Crippen molar-refractivity contribution in [1.82, 2.24) is 10.2 Å². The van der Waals surface area contributed by atoms with E-state index in [-0.39, 0.29) is 5.91 Å². The van der Waals surface area contributed by atoms with Crippen LogP contribution in [0.5, 0.6) is 11.5 Å². The van der Waals surface area contributed by atoms with Gasteiger partial charge in [-0.05, 0) is 51.4 Å². The molecular formula is C18H28N2O3. The smallest absolute Gasteiger partial charge is 0.224 e. The maximum atomic E-state index is 12.0. The molecule has 5 nitrogen and oxygen atoms in total. The number of hydrogen-bond acceptors (Lipinski definition) is 4. The molecule has 0 radical (unpaired) electrons. The minimum Gasteiger partial charge on any atom is -0.497 e. The van der Waals surface area contributed by atoms with Crippen LogP contribution in [0.3, 0.4) is 0 Å². The van der Waals surface area contributed by atoms with Crippen molar-refractivity contribution in [3.63, 3.8) is 0 Å². The van der Waals surface area contributed by atoms with Gasteiger partial charge in [0, 0.05) is 18.2 Å². The topological polar surface area (TPSA) is 50.8 Å². The third-order valence-corrected chi connectivity index (χ3v) is 4.27. The summed E-state index contributed by atoms with van der Waals surface area (Å²) in [5.74, 6) is 1.45. The lowest BCUT2D eigenvalue weighted by Crippen LogP contribution is -2.27. The second-order valence-corrected chi connectivity index (χ2v) is 5.96. The maximum Gasteiger partial charge on any atom is 0.224 e. The van der Waals surface area contributed by atoms with Crippen LogP contribution in [0.4, 0.5) is 0 Å². The minimum absolute atomic E-state index is 0.0367. The van der Waals surface area contributed by atoms with Gasteiger partial charge in [-0.2, -0.15) is 0 Å². The molecule has 1 aliphatic heterocycles. The summed E-state index contributed by atoms with van der Waals surface area (Å²) in [6.45, 7) is 4.38. The van der Waals surface area contributed by atoms with Gasteiger partial charge in [-0.3, -0.25) is 4.79 Å². The number of carbonyl (C=O) groups excluding carboxylic acids is 1. The highest BCUT2D eigenvalue weighted by molar-refractivity contribution is 5.79. The largest absolute Gasteiger partial charge is 0.497 e. The first-order valence-electron chi connectivity index (χ1n) is 8.43. The van der Waals surface area contributed by atoms with Crippen LogP contribution in [0.1, 0.15) is 31.2 Å². The molecule has 0 spiro atoms. The molecule has 5 heteroatoms. The van der Waals surface area contributed by atoms with Gasteiger partial charge in [-0.15, -0.1) is 0 Å². The third kappa shape index (κ3) is 5.75. The Kier molecular flexibility index (Phi) is 7.20. The van der Waals surface area contributed by atoms with E-state index in [0.717, 1.165) is 37.2 Å². The molecule has 1 heterocycles. The molecule has 0 bridgehead atoms. The lowest BCUT2D eigenvalue weighted by molar-refractivity contribution is -0.120. The van der Waals surface area contributed by atoms with Gasteiger partial charge < -0.3 is 19.7 Å². The summed E-state index contributed by atoms with van der Waals surface area (Å²) >= 11 is 0. The van der Waals surface area contributed by atoms with Crippen LogP contribution < -0.4 is 14.8 Å². The number of carbonyl (C=O) groups is 1. The predicted molar refractivity (Wildman–Crippen MR) is 91.2 cm³/mol. The van der Waals surface area contributed by atoms with Crippen molar-refractivity contribution in [2.75, 3.05) is 40.4 Å². The number of hydrogen-bond donors (Lipinski definition) is 1. The normalized spacial score (nSPS) is 14.7. The van der Waals surface area contributed by atoms with E-state index in [4.69, 9.17) is 9.47 Å². The van der Waals surface area contributed by atoms with Crippen molar-refractivity contribution in [1.29, 1.82) is 0 Å². The maximum absolute atomic E-state index is 12.0. The summed E-state index contributed by atoms with van der Waals surface area (Å²) in [7, 11) is 3.22. The van der Waals surface area contributed by atoms with Crippen LogP contribution in [-0.4, -0.2) is 51.2 Å². The zero-order valence-corrected chi connectivity index (χ0v) is 14.3. The number of amides is 1. The molecule has 0 aliphatic carbocycles.